The van der Waals surface area contributed by atoms with E-state index in [1.54, 1.807) is 12.1 Å². The van der Waals surface area contributed by atoms with Gasteiger partial charge in [0.25, 0.3) is 0 Å². The van der Waals surface area contributed by atoms with E-state index < -0.39 is 7.59 Å². The molecule has 6 heteroatoms. The van der Waals surface area contributed by atoms with E-state index in [0.717, 1.165) is 13.1 Å². The van der Waals surface area contributed by atoms with Crippen LogP contribution in [0, 0.1) is 5.82 Å². The molecule has 2 fully saturated rings. The van der Waals surface area contributed by atoms with Crippen molar-refractivity contribution < 1.29 is 8.96 Å². The molecule has 2 atom stereocenters. The Hall–Kier alpha value is -0.900. The molecule has 3 rings (SSSR count). The van der Waals surface area contributed by atoms with Crippen LogP contribution >= 0.6 is 7.59 Å². The molecule has 1 aromatic carbocycles. The third kappa shape index (κ3) is 2.28. The van der Waals surface area contributed by atoms with Gasteiger partial charge in [0.2, 0.25) is 0 Å². The predicted octanol–water partition coefficient (Wildman–Crippen LogP) is 3.53. The van der Waals surface area contributed by atoms with Crippen LogP contribution in [0.5, 0.6) is 0 Å². The molecule has 1 aromatic rings. The second-order valence-corrected chi connectivity index (χ2v) is 9.18. The predicted molar refractivity (Wildman–Crippen MR) is 79.2 cm³/mol. The number of benzene rings is 1. The summed E-state index contributed by atoms with van der Waals surface area (Å²) in [6.07, 6.45) is 0. The van der Waals surface area contributed by atoms with Gasteiger partial charge in [-0.1, -0.05) is 0 Å². The van der Waals surface area contributed by atoms with Gasteiger partial charge >= 0.3 is 7.59 Å². The number of hydrogen-bond donors (Lipinski definition) is 1. The Morgan fingerprint density at radius 3 is 1.80 bits per heavy atom. The second-order valence-electron chi connectivity index (χ2n) is 6.90. The molecule has 110 valence electrons. The lowest BCUT2D eigenvalue weighted by Gasteiger charge is -2.26. The Labute approximate surface area is 119 Å². The molecular weight excluding hydrogens is 276 g/mol. The molecule has 2 aliphatic heterocycles. The summed E-state index contributed by atoms with van der Waals surface area (Å²) in [5.74, 6) is -0.288. The van der Waals surface area contributed by atoms with Gasteiger partial charge in [-0.3, -0.25) is 4.57 Å². The van der Waals surface area contributed by atoms with Gasteiger partial charge in [-0.2, -0.15) is 0 Å². The molecule has 2 aliphatic rings. The van der Waals surface area contributed by atoms with Gasteiger partial charge in [-0.25, -0.2) is 13.7 Å². The maximum atomic E-state index is 13.5. The van der Waals surface area contributed by atoms with Crippen molar-refractivity contribution >= 4 is 13.3 Å². The molecule has 0 saturated carbocycles. The number of nitrogens with one attached hydrogen (secondary N) is 1. The van der Waals surface area contributed by atoms with Crippen molar-refractivity contribution in [3.63, 3.8) is 0 Å². The highest BCUT2D eigenvalue weighted by Gasteiger charge is 2.64. The maximum Gasteiger partial charge on any atom is 0.309 e. The maximum absolute atomic E-state index is 13.5. The third-order valence-corrected chi connectivity index (χ3v) is 7.26. The molecule has 0 radical (unpaired) electrons. The molecule has 2 heterocycles. The molecule has 0 aliphatic carbocycles. The molecule has 20 heavy (non-hydrogen) atoms. The third-order valence-electron chi connectivity index (χ3n) is 4.04. The molecule has 0 aromatic heterocycles. The van der Waals surface area contributed by atoms with Gasteiger partial charge in [-0.05, 0) is 52.0 Å². The van der Waals surface area contributed by atoms with Gasteiger partial charge in [-0.15, -0.1) is 0 Å². The first-order valence-electron chi connectivity index (χ1n) is 6.85. The smallest absolute Gasteiger partial charge is 0.309 e. The lowest BCUT2D eigenvalue weighted by molar-refractivity contribution is 0.475. The Morgan fingerprint density at radius 2 is 1.45 bits per heavy atom. The monoisotopic (exact) mass is 297 g/mol. The fourth-order valence-electron chi connectivity index (χ4n) is 2.53. The van der Waals surface area contributed by atoms with Crippen molar-refractivity contribution in [2.45, 2.75) is 38.8 Å². The van der Waals surface area contributed by atoms with Gasteiger partial charge < -0.3 is 5.09 Å². The summed E-state index contributed by atoms with van der Waals surface area (Å²) < 4.78 is 30.5. The van der Waals surface area contributed by atoms with Crippen LogP contribution in [0.1, 0.15) is 27.7 Å². The molecule has 4 nitrogen and oxygen atoms in total. The van der Waals surface area contributed by atoms with Crippen LogP contribution in [0.15, 0.2) is 24.3 Å². The van der Waals surface area contributed by atoms with Crippen molar-refractivity contribution in [1.29, 1.82) is 0 Å². The Balaban J connectivity index is 1.87. The van der Waals surface area contributed by atoms with Gasteiger partial charge in [0, 0.05) is 29.9 Å². The molecule has 2 saturated heterocycles. The average molecular weight is 297 g/mol. The summed E-state index contributed by atoms with van der Waals surface area (Å²) in [5, 5.41) is 3.16. The highest BCUT2D eigenvalue weighted by Crippen LogP contribution is 2.68. The van der Waals surface area contributed by atoms with E-state index in [-0.39, 0.29) is 16.9 Å². The lowest BCUT2D eigenvalue weighted by atomic mass is 10.2. The van der Waals surface area contributed by atoms with E-state index in [1.807, 2.05) is 9.34 Å². The minimum Gasteiger partial charge on any atom is -0.312 e. The molecule has 2 unspecified atom stereocenters. The van der Waals surface area contributed by atoms with E-state index in [2.05, 4.69) is 32.8 Å². The van der Waals surface area contributed by atoms with Gasteiger partial charge in [0.1, 0.15) is 5.82 Å². The molecular formula is C14H21FN3OP. The summed E-state index contributed by atoms with van der Waals surface area (Å²) in [5.41, 5.74) is 0.614. The first-order chi connectivity index (χ1) is 9.15. The number of hydrogen-bond acceptors (Lipinski definition) is 1. The van der Waals surface area contributed by atoms with Crippen LogP contribution in [-0.4, -0.2) is 33.5 Å². The van der Waals surface area contributed by atoms with Crippen LogP contribution in [0.2, 0.25) is 0 Å². The molecule has 0 bridgehead atoms. The zero-order valence-corrected chi connectivity index (χ0v) is 13.2. The highest BCUT2D eigenvalue weighted by atomic mass is 31.2. The fraction of sp³-hybridized carbons (Fsp3) is 0.571. The molecule has 1 N–H and O–H groups in total. The Bertz CT molecular complexity index is 559. The van der Waals surface area contributed by atoms with Crippen molar-refractivity contribution in [3.05, 3.63) is 30.1 Å². The number of anilines is 1. The minimum atomic E-state index is -2.83. The first kappa shape index (κ1) is 14.1. The van der Waals surface area contributed by atoms with Crippen LogP contribution in [0.4, 0.5) is 10.1 Å². The van der Waals surface area contributed by atoms with Crippen LogP contribution in [0.25, 0.3) is 0 Å². The fourth-order valence-corrected chi connectivity index (χ4v) is 6.06. The summed E-state index contributed by atoms with van der Waals surface area (Å²) in [6, 6.07) is 6.03. The van der Waals surface area contributed by atoms with E-state index in [0.29, 0.717) is 5.69 Å². The normalized spacial score (nSPS) is 32.2. The quantitative estimate of drug-likeness (QED) is 0.681. The van der Waals surface area contributed by atoms with Gasteiger partial charge in [0.15, 0.2) is 0 Å². The minimum absolute atomic E-state index is 0.0404. The average Bonchev–Trinajstić information content (AvgIpc) is 3.18. The van der Waals surface area contributed by atoms with E-state index in [9.17, 15) is 8.96 Å². The molecule has 0 spiro atoms. The number of halogens is 1. The van der Waals surface area contributed by atoms with E-state index in [4.69, 9.17) is 0 Å². The van der Waals surface area contributed by atoms with Crippen molar-refractivity contribution in [1.82, 2.24) is 9.34 Å². The molecule has 0 amide bonds. The van der Waals surface area contributed by atoms with E-state index >= 15 is 0 Å². The van der Waals surface area contributed by atoms with E-state index in [1.165, 1.54) is 12.1 Å². The van der Waals surface area contributed by atoms with Crippen molar-refractivity contribution in [2.75, 3.05) is 18.2 Å². The van der Waals surface area contributed by atoms with Gasteiger partial charge in [0.05, 0.1) is 0 Å². The number of rotatable bonds is 4. The van der Waals surface area contributed by atoms with Crippen molar-refractivity contribution in [3.8, 4) is 0 Å². The summed E-state index contributed by atoms with van der Waals surface area (Å²) in [7, 11) is -2.83. The van der Waals surface area contributed by atoms with Crippen LogP contribution in [-0.2, 0) is 4.57 Å². The zero-order valence-electron chi connectivity index (χ0n) is 12.4. The lowest BCUT2D eigenvalue weighted by Crippen LogP contribution is -2.21. The van der Waals surface area contributed by atoms with Crippen molar-refractivity contribution in [2.24, 2.45) is 0 Å². The first-order valence-corrected chi connectivity index (χ1v) is 8.47. The van der Waals surface area contributed by atoms with Crippen LogP contribution in [0.3, 0.4) is 0 Å². The summed E-state index contributed by atoms with van der Waals surface area (Å²) >= 11 is 0. The summed E-state index contributed by atoms with van der Waals surface area (Å²) in [6.45, 7) is 9.96. The largest absolute Gasteiger partial charge is 0.312 e. The number of nitrogens with zero attached hydrogens (tertiary/aromatic N) is 2. The Morgan fingerprint density at radius 1 is 1.05 bits per heavy atom. The Kier molecular flexibility index (Phi) is 2.85. The SMILES string of the molecule is CC1(C)CN1P(=O)(Nc1ccc(F)cc1)N1CC1(C)C. The highest BCUT2D eigenvalue weighted by molar-refractivity contribution is 7.61. The summed E-state index contributed by atoms with van der Waals surface area (Å²) in [4.78, 5) is 0. The zero-order chi connectivity index (χ0) is 14.8. The standard InChI is InChI=1S/C14H21FN3OP/c1-13(2)9-17(13)20(19,18-10-14(18,3)4)16-12-7-5-11(15)6-8-12/h5-8H,9-10H2,1-4H3,(H,16,19). The van der Waals surface area contributed by atoms with Crippen LogP contribution < -0.4 is 5.09 Å². The second kappa shape index (κ2) is 4.06. The topological polar surface area (TPSA) is 35.1 Å².